The molecule has 0 aromatic heterocycles. The second kappa shape index (κ2) is 5.41. The SMILES string of the molecule is CSC(C)CNC(=O)C1NCC2CCCC21. The van der Waals surface area contributed by atoms with E-state index in [0.29, 0.717) is 11.2 Å². The standard InChI is InChI=1S/C12H22N2OS/c1-8(16-2)6-14-12(15)11-10-5-3-4-9(10)7-13-11/h8-11,13H,3-7H2,1-2H3,(H,14,15). The number of amides is 1. The molecule has 1 heterocycles. The summed E-state index contributed by atoms with van der Waals surface area (Å²) >= 11 is 1.79. The number of fused-ring (bicyclic) bond motifs is 1. The molecule has 1 saturated carbocycles. The van der Waals surface area contributed by atoms with Crippen LogP contribution in [0.3, 0.4) is 0 Å². The van der Waals surface area contributed by atoms with Gasteiger partial charge in [0.2, 0.25) is 5.91 Å². The van der Waals surface area contributed by atoms with Crippen molar-refractivity contribution < 1.29 is 4.79 Å². The fourth-order valence-corrected chi connectivity index (χ4v) is 3.16. The molecule has 16 heavy (non-hydrogen) atoms. The molecule has 4 atom stereocenters. The van der Waals surface area contributed by atoms with Crippen LogP contribution in [0.25, 0.3) is 0 Å². The first-order valence-corrected chi connectivity index (χ1v) is 7.55. The van der Waals surface area contributed by atoms with Gasteiger partial charge in [0.25, 0.3) is 0 Å². The maximum absolute atomic E-state index is 12.0. The van der Waals surface area contributed by atoms with Crippen molar-refractivity contribution in [3.05, 3.63) is 0 Å². The number of thioether (sulfide) groups is 1. The molecule has 0 spiro atoms. The molecule has 1 aliphatic heterocycles. The fraction of sp³-hybridized carbons (Fsp3) is 0.917. The summed E-state index contributed by atoms with van der Waals surface area (Å²) in [4.78, 5) is 12.0. The summed E-state index contributed by atoms with van der Waals surface area (Å²) in [6.45, 7) is 3.97. The summed E-state index contributed by atoms with van der Waals surface area (Å²) in [5.74, 6) is 1.58. The van der Waals surface area contributed by atoms with Gasteiger partial charge in [-0.3, -0.25) is 4.79 Å². The Labute approximate surface area is 102 Å². The highest BCUT2D eigenvalue weighted by molar-refractivity contribution is 7.99. The van der Waals surface area contributed by atoms with Crippen molar-refractivity contribution in [3.8, 4) is 0 Å². The molecule has 2 rings (SSSR count). The lowest BCUT2D eigenvalue weighted by atomic mass is 9.93. The molecule has 1 amide bonds. The lowest BCUT2D eigenvalue weighted by molar-refractivity contribution is -0.123. The van der Waals surface area contributed by atoms with Crippen LogP contribution in [0.5, 0.6) is 0 Å². The Morgan fingerprint density at radius 1 is 1.56 bits per heavy atom. The van der Waals surface area contributed by atoms with E-state index in [2.05, 4.69) is 23.8 Å². The molecule has 0 aromatic rings. The second-order valence-electron chi connectivity index (χ2n) is 5.03. The lowest BCUT2D eigenvalue weighted by Gasteiger charge is -2.18. The first-order valence-electron chi connectivity index (χ1n) is 6.26. The zero-order chi connectivity index (χ0) is 11.5. The molecule has 2 aliphatic rings. The number of hydrogen-bond donors (Lipinski definition) is 2. The molecule has 2 N–H and O–H groups in total. The minimum Gasteiger partial charge on any atom is -0.354 e. The van der Waals surface area contributed by atoms with Crippen LogP contribution in [0, 0.1) is 11.8 Å². The van der Waals surface area contributed by atoms with Crippen LogP contribution in [-0.2, 0) is 4.79 Å². The number of nitrogens with one attached hydrogen (secondary N) is 2. The van der Waals surface area contributed by atoms with Gasteiger partial charge in [-0.15, -0.1) is 0 Å². The van der Waals surface area contributed by atoms with Crippen molar-refractivity contribution in [1.82, 2.24) is 10.6 Å². The van der Waals surface area contributed by atoms with Gasteiger partial charge in [0, 0.05) is 11.8 Å². The van der Waals surface area contributed by atoms with E-state index >= 15 is 0 Å². The van der Waals surface area contributed by atoms with Crippen molar-refractivity contribution in [1.29, 1.82) is 0 Å². The molecule has 3 nitrogen and oxygen atoms in total. The number of hydrogen-bond acceptors (Lipinski definition) is 3. The van der Waals surface area contributed by atoms with E-state index in [1.165, 1.54) is 19.3 Å². The normalized spacial score (nSPS) is 34.8. The van der Waals surface area contributed by atoms with Crippen molar-refractivity contribution >= 4 is 17.7 Å². The highest BCUT2D eigenvalue weighted by Gasteiger charge is 2.42. The van der Waals surface area contributed by atoms with Crippen molar-refractivity contribution in [2.24, 2.45) is 11.8 Å². The van der Waals surface area contributed by atoms with E-state index in [4.69, 9.17) is 0 Å². The average Bonchev–Trinajstić information content (AvgIpc) is 2.86. The highest BCUT2D eigenvalue weighted by Crippen LogP contribution is 2.37. The summed E-state index contributed by atoms with van der Waals surface area (Å²) in [6.07, 6.45) is 5.93. The first kappa shape index (κ1) is 12.2. The smallest absolute Gasteiger partial charge is 0.237 e. The summed E-state index contributed by atoms with van der Waals surface area (Å²) in [5.41, 5.74) is 0. The van der Waals surface area contributed by atoms with Crippen LogP contribution in [0.4, 0.5) is 0 Å². The monoisotopic (exact) mass is 242 g/mol. The number of carbonyl (C=O) groups is 1. The second-order valence-corrected chi connectivity index (χ2v) is 6.31. The van der Waals surface area contributed by atoms with E-state index in [0.717, 1.165) is 19.0 Å². The summed E-state index contributed by atoms with van der Waals surface area (Å²) < 4.78 is 0. The molecule has 4 heteroatoms. The predicted octanol–water partition coefficient (Wildman–Crippen LogP) is 1.24. The van der Waals surface area contributed by atoms with Crippen LogP contribution >= 0.6 is 11.8 Å². The Balaban J connectivity index is 1.81. The van der Waals surface area contributed by atoms with Crippen LogP contribution < -0.4 is 10.6 Å². The summed E-state index contributed by atoms with van der Waals surface area (Å²) in [7, 11) is 0. The van der Waals surface area contributed by atoms with Crippen molar-refractivity contribution in [3.63, 3.8) is 0 Å². The average molecular weight is 242 g/mol. The van der Waals surface area contributed by atoms with Crippen LogP contribution in [-0.4, -0.2) is 36.5 Å². The number of rotatable bonds is 4. The summed E-state index contributed by atoms with van der Waals surface area (Å²) in [5, 5.41) is 6.95. The van der Waals surface area contributed by atoms with E-state index in [9.17, 15) is 4.79 Å². The predicted molar refractivity (Wildman–Crippen MR) is 68.6 cm³/mol. The highest BCUT2D eigenvalue weighted by atomic mass is 32.2. The molecular weight excluding hydrogens is 220 g/mol. The molecule has 1 aliphatic carbocycles. The molecule has 0 aromatic carbocycles. The summed E-state index contributed by atoms with van der Waals surface area (Å²) in [6, 6.07) is 0.0848. The maximum atomic E-state index is 12.0. The van der Waals surface area contributed by atoms with Crippen LogP contribution in [0.1, 0.15) is 26.2 Å². The fourth-order valence-electron chi connectivity index (χ4n) is 2.91. The zero-order valence-electron chi connectivity index (χ0n) is 10.2. The van der Waals surface area contributed by atoms with E-state index in [1.54, 1.807) is 11.8 Å². The Kier molecular flexibility index (Phi) is 4.14. The maximum Gasteiger partial charge on any atom is 0.237 e. The molecular formula is C12H22N2OS. The van der Waals surface area contributed by atoms with Gasteiger partial charge >= 0.3 is 0 Å². The van der Waals surface area contributed by atoms with Gasteiger partial charge in [0.1, 0.15) is 0 Å². The zero-order valence-corrected chi connectivity index (χ0v) is 11.0. The minimum atomic E-state index is 0.0848. The Morgan fingerprint density at radius 3 is 3.12 bits per heavy atom. The molecule has 0 radical (unpaired) electrons. The lowest BCUT2D eigenvalue weighted by Crippen LogP contribution is -2.45. The Hall–Kier alpha value is -0.220. The third kappa shape index (κ3) is 2.54. The van der Waals surface area contributed by atoms with Gasteiger partial charge in [0.05, 0.1) is 6.04 Å². The van der Waals surface area contributed by atoms with E-state index in [1.807, 2.05) is 0 Å². The number of carbonyl (C=O) groups excluding carboxylic acids is 1. The Morgan fingerprint density at radius 2 is 2.38 bits per heavy atom. The molecule has 92 valence electrons. The van der Waals surface area contributed by atoms with Gasteiger partial charge in [-0.2, -0.15) is 11.8 Å². The third-order valence-electron chi connectivity index (χ3n) is 3.99. The van der Waals surface area contributed by atoms with Gasteiger partial charge in [-0.25, -0.2) is 0 Å². The van der Waals surface area contributed by atoms with E-state index < -0.39 is 0 Å². The van der Waals surface area contributed by atoms with Crippen LogP contribution in [0.15, 0.2) is 0 Å². The van der Waals surface area contributed by atoms with Gasteiger partial charge in [-0.1, -0.05) is 13.3 Å². The van der Waals surface area contributed by atoms with Gasteiger partial charge in [0.15, 0.2) is 0 Å². The van der Waals surface area contributed by atoms with Gasteiger partial charge in [-0.05, 0) is 37.5 Å². The first-order chi connectivity index (χ1) is 7.72. The quantitative estimate of drug-likeness (QED) is 0.779. The van der Waals surface area contributed by atoms with Crippen LogP contribution in [0.2, 0.25) is 0 Å². The van der Waals surface area contributed by atoms with E-state index in [-0.39, 0.29) is 11.9 Å². The topological polar surface area (TPSA) is 41.1 Å². The van der Waals surface area contributed by atoms with Gasteiger partial charge < -0.3 is 10.6 Å². The molecule has 1 saturated heterocycles. The molecule has 0 bridgehead atoms. The van der Waals surface area contributed by atoms with Crippen molar-refractivity contribution in [2.45, 2.75) is 37.5 Å². The largest absolute Gasteiger partial charge is 0.354 e. The molecule has 2 fully saturated rings. The molecule has 4 unspecified atom stereocenters. The minimum absolute atomic E-state index is 0.0848. The Bertz CT molecular complexity index is 259. The third-order valence-corrected chi connectivity index (χ3v) is 4.97. The van der Waals surface area contributed by atoms with Crippen molar-refractivity contribution in [2.75, 3.05) is 19.3 Å².